The Bertz CT molecular complexity index is 1540. The fraction of sp³-hybridized carbons (Fsp3) is 0.364. The van der Waals surface area contributed by atoms with Gasteiger partial charge >= 0.3 is 0 Å². The molecule has 11 nitrogen and oxygen atoms in total. The number of rotatable bonds is 16. The minimum Gasteiger partial charge on any atom is -0.384 e. The first-order chi connectivity index (χ1) is 21.2. The highest BCUT2D eigenvalue weighted by molar-refractivity contribution is 7.88. The van der Waals surface area contributed by atoms with Crippen molar-refractivity contribution in [1.29, 1.82) is 5.41 Å². The first-order valence-electron chi connectivity index (χ1n) is 14.7. The van der Waals surface area contributed by atoms with E-state index in [1.54, 1.807) is 75.4 Å². The molecule has 8 N–H and O–H groups in total. The molecule has 45 heavy (non-hydrogen) atoms. The largest absolute Gasteiger partial charge is 0.384 e. The van der Waals surface area contributed by atoms with Gasteiger partial charge in [-0.3, -0.25) is 15.0 Å². The molecule has 0 aromatic heterocycles. The van der Waals surface area contributed by atoms with Gasteiger partial charge in [-0.1, -0.05) is 78.9 Å². The fourth-order valence-corrected chi connectivity index (χ4v) is 5.75. The van der Waals surface area contributed by atoms with Crippen molar-refractivity contribution in [3.8, 4) is 0 Å². The second-order valence-electron chi connectivity index (χ2n) is 11.8. The number of sulfonamides is 1. The molecule has 3 aromatic carbocycles. The zero-order chi connectivity index (χ0) is 33.0. The van der Waals surface area contributed by atoms with Gasteiger partial charge in [-0.05, 0) is 55.9 Å². The maximum Gasteiger partial charge on any atom is 0.242 e. The second-order valence-corrected chi connectivity index (χ2v) is 13.5. The van der Waals surface area contributed by atoms with Gasteiger partial charge in [-0.25, -0.2) is 13.1 Å². The number of nitrogens with one attached hydrogen (secondary N) is 4. The highest BCUT2D eigenvalue weighted by Crippen LogP contribution is 2.13. The Morgan fingerprint density at radius 3 is 2.13 bits per heavy atom. The molecule has 2 unspecified atom stereocenters. The lowest BCUT2D eigenvalue weighted by Gasteiger charge is -2.26. The summed E-state index contributed by atoms with van der Waals surface area (Å²) >= 11 is 0. The molecule has 2 amide bonds. The Kier molecular flexibility index (Phi) is 12.8. The number of carbonyl (C=O) groups excluding carboxylic acids is 2. The molecule has 0 spiro atoms. The molecule has 3 aromatic rings. The van der Waals surface area contributed by atoms with Crippen LogP contribution in [0.1, 0.15) is 55.0 Å². The topological polar surface area (TPSA) is 189 Å². The molecule has 0 fully saturated rings. The summed E-state index contributed by atoms with van der Waals surface area (Å²) in [5.74, 6) is -1.50. The van der Waals surface area contributed by atoms with Gasteiger partial charge in [0.2, 0.25) is 21.8 Å². The van der Waals surface area contributed by atoms with Crippen molar-refractivity contribution in [2.75, 3.05) is 6.61 Å². The minimum absolute atomic E-state index is 0.0588. The van der Waals surface area contributed by atoms with Crippen molar-refractivity contribution >= 4 is 27.7 Å². The SMILES string of the molecule is CC(C)(C)OCC(NS(=O)(=O)Cc1ccccc1)C(=O)NC(CCc1cccc(CN)c1)C(=O)NCc1ccc(C(=N)N)cc1. The average Bonchev–Trinajstić information content (AvgIpc) is 3.00. The molecule has 242 valence electrons. The number of hydrogen-bond acceptors (Lipinski definition) is 7. The predicted molar refractivity (Wildman–Crippen MR) is 176 cm³/mol. The number of benzene rings is 3. The number of hydrogen-bond donors (Lipinski definition) is 6. The summed E-state index contributed by atoms with van der Waals surface area (Å²) in [5.41, 5.74) is 14.5. The number of nitrogens with two attached hydrogens (primary N) is 2. The van der Waals surface area contributed by atoms with Crippen LogP contribution in [0.2, 0.25) is 0 Å². The van der Waals surface area contributed by atoms with Crippen LogP contribution in [0, 0.1) is 5.41 Å². The van der Waals surface area contributed by atoms with Gasteiger partial charge in [-0.15, -0.1) is 0 Å². The van der Waals surface area contributed by atoms with Gasteiger partial charge in [0.1, 0.15) is 17.9 Å². The molecule has 0 heterocycles. The first kappa shape index (κ1) is 35.4. The summed E-state index contributed by atoms with van der Waals surface area (Å²) in [4.78, 5) is 27.1. The summed E-state index contributed by atoms with van der Waals surface area (Å²) in [7, 11) is -3.95. The van der Waals surface area contributed by atoms with Crippen LogP contribution in [-0.2, 0) is 49.6 Å². The second kappa shape index (κ2) is 16.3. The van der Waals surface area contributed by atoms with Gasteiger partial charge in [0.15, 0.2) is 0 Å². The maximum atomic E-state index is 13.6. The number of amidine groups is 1. The molecule has 0 saturated heterocycles. The van der Waals surface area contributed by atoms with E-state index in [0.717, 1.165) is 16.7 Å². The smallest absolute Gasteiger partial charge is 0.242 e. The van der Waals surface area contributed by atoms with Crippen LogP contribution in [-0.4, -0.2) is 50.4 Å². The van der Waals surface area contributed by atoms with Crippen LogP contribution in [0.25, 0.3) is 0 Å². The zero-order valence-electron chi connectivity index (χ0n) is 26.0. The van der Waals surface area contributed by atoms with E-state index in [1.807, 2.05) is 24.3 Å². The molecule has 0 radical (unpaired) electrons. The molecule has 0 aliphatic rings. The monoisotopic (exact) mass is 636 g/mol. The van der Waals surface area contributed by atoms with Crippen LogP contribution in [0.15, 0.2) is 78.9 Å². The predicted octanol–water partition coefficient (Wildman–Crippen LogP) is 2.47. The molecular formula is C33H44N6O5S. The lowest BCUT2D eigenvalue weighted by Crippen LogP contribution is -2.55. The van der Waals surface area contributed by atoms with E-state index in [2.05, 4.69) is 15.4 Å². The average molecular weight is 637 g/mol. The third-order valence-electron chi connectivity index (χ3n) is 6.83. The van der Waals surface area contributed by atoms with Crippen LogP contribution in [0.5, 0.6) is 0 Å². The lowest BCUT2D eigenvalue weighted by molar-refractivity contribution is -0.131. The standard InChI is InChI=1S/C33H44N6O5S/c1-33(2,3)44-21-29(39-45(42,43)22-25-8-5-4-6-9-25)32(41)38-28(17-14-23-10-7-11-26(18-23)19-34)31(40)37-20-24-12-15-27(16-13-24)30(35)36/h4-13,15-16,18,28-29,39H,14,17,19-22,34H2,1-3H3,(H3,35,36)(H,37,40)(H,38,41). The quantitative estimate of drug-likeness (QED) is 0.103. The molecule has 0 saturated carbocycles. The number of ether oxygens (including phenoxy) is 1. The zero-order valence-corrected chi connectivity index (χ0v) is 26.8. The normalized spacial score (nSPS) is 13.1. The third kappa shape index (κ3) is 12.4. The van der Waals surface area contributed by atoms with Crippen molar-refractivity contribution in [1.82, 2.24) is 15.4 Å². The van der Waals surface area contributed by atoms with Crippen LogP contribution in [0.3, 0.4) is 0 Å². The van der Waals surface area contributed by atoms with Gasteiger partial charge < -0.3 is 26.8 Å². The molecule has 2 atom stereocenters. The lowest BCUT2D eigenvalue weighted by atomic mass is 10.0. The fourth-order valence-electron chi connectivity index (χ4n) is 4.43. The molecule has 0 bridgehead atoms. The van der Waals surface area contributed by atoms with Gasteiger partial charge in [0.25, 0.3) is 0 Å². The van der Waals surface area contributed by atoms with E-state index in [0.29, 0.717) is 24.1 Å². The molecule has 0 aliphatic heterocycles. The Labute approximate surface area is 265 Å². The molecule has 0 aliphatic carbocycles. The Balaban J connectivity index is 1.79. The van der Waals surface area contributed by atoms with Crippen molar-refractivity contribution < 1.29 is 22.7 Å². The van der Waals surface area contributed by atoms with Crippen LogP contribution in [0.4, 0.5) is 0 Å². The number of amides is 2. The van der Waals surface area contributed by atoms with Crippen molar-refractivity contribution in [3.05, 3.63) is 107 Å². The van der Waals surface area contributed by atoms with E-state index >= 15 is 0 Å². The Morgan fingerprint density at radius 1 is 0.867 bits per heavy atom. The Morgan fingerprint density at radius 2 is 1.51 bits per heavy atom. The first-order valence-corrected chi connectivity index (χ1v) is 16.4. The van der Waals surface area contributed by atoms with Gasteiger partial charge in [0.05, 0.1) is 18.0 Å². The summed E-state index contributed by atoms with van der Waals surface area (Å²) in [6.45, 7) is 5.71. The third-order valence-corrected chi connectivity index (χ3v) is 8.19. The van der Waals surface area contributed by atoms with E-state index in [-0.39, 0.29) is 31.2 Å². The highest BCUT2D eigenvalue weighted by Gasteiger charge is 2.30. The van der Waals surface area contributed by atoms with Crippen LogP contribution >= 0.6 is 0 Å². The van der Waals surface area contributed by atoms with Crippen molar-refractivity contribution in [2.24, 2.45) is 11.5 Å². The van der Waals surface area contributed by atoms with E-state index in [9.17, 15) is 18.0 Å². The van der Waals surface area contributed by atoms with Crippen molar-refractivity contribution in [2.45, 2.75) is 70.1 Å². The number of carbonyl (C=O) groups is 2. The summed E-state index contributed by atoms with van der Waals surface area (Å²) in [5, 5.41) is 13.2. The number of nitrogen functional groups attached to an aromatic ring is 1. The summed E-state index contributed by atoms with van der Waals surface area (Å²) < 4.78 is 34.5. The summed E-state index contributed by atoms with van der Waals surface area (Å²) in [6.07, 6.45) is 0.709. The van der Waals surface area contributed by atoms with E-state index < -0.39 is 39.5 Å². The highest BCUT2D eigenvalue weighted by atomic mass is 32.2. The van der Waals surface area contributed by atoms with Gasteiger partial charge in [-0.2, -0.15) is 0 Å². The molecular weight excluding hydrogens is 592 g/mol. The van der Waals surface area contributed by atoms with Crippen LogP contribution < -0.4 is 26.8 Å². The van der Waals surface area contributed by atoms with Crippen molar-refractivity contribution in [3.63, 3.8) is 0 Å². The number of aryl methyl sites for hydroxylation is 1. The van der Waals surface area contributed by atoms with E-state index in [1.165, 1.54) is 0 Å². The van der Waals surface area contributed by atoms with Gasteiger partial charge in [0, 0.05) is 18.7 Å². The molecule has 12 heteroatoms. The Hall–Kier alpha value is -4.10. The van der Waals surface area contributed by atoms with E-state index in [4.69, 9.17) is 21.6 Å². The maximum absolute atomic E-state index is 13.6. The summed E-state index contributed by atoms with van der Waals surface area (Å²) in [6, 6.07) is 20.9. The minimum atomic E-state index is -3.95. The molecule has 3 rings (SSSR count).